The van der Waals surface area contributed by atoms with Crippen LogP contribution in [-0.2, 0) is 32.9 Å². The zero-order chi connectivity index (χ0) is 45.1. The molecule has 0 spiro atoms. The van der Waals surface area contributed by atoms with Gasteiger partial charge in [-0.05, 0) is 68.3 Å². The summed E-state index contributed by atoms with van der Waals surface area (Å²) in [5, 5.41) is 6.62. The summed E-state index contributed by atoms with van der Waals surface area (Å²) in [6.07, 6.45) is 0.185. The molecule has 9 aromatic rings. The van der Waals surface area contributed by atoms with Crippen molar-refractivity contribution < 1.29 is 34.1 Å². The van der Waals surface area contributed by atoms with Crippen molar-refractivity contribution in [3.05, 3.63) is 169 Å². The monoisotopic (exact) mass is 928 g/mol. The summed E-state index contributed by atoms with van der Waals surface area (Å²) in [5.74, 6) is 0. The van der Waals surface area contributed by atoms with Gasteiger partial charge in [0.25, 0.3) is 0 Å². The van der Waals surface area contributed by atoms with E-state index < -0.39 is 30.4 Å². The van der Waals surface area contributed by atoms with E-state index in [1.807, 2.05) is 90.1 Å². The molecule has 0 aliphatic heterocycles. The van der Waals surface area contributed by atoms with Gasteiger partial charge in [-0.15, -0.1) is 47.5 Å². The first kappa shape index (κ1) is 31.6. The van der Waals surface area contributed by atoms with Crippen molar-refractivity contribution in [1.29, 1.82) is 0 Å². The molecule has 57 heavy (non-hydrogen) atoms. The minimum atomic E-state index is -2.25. The number of pyridine rings is 2. The maximum Gasteiger partial charge on any atom is 0.129 e. The Morgan fingerprint density at radius 2 is 1.37 bits per heavy atom. The van der Waals surface area contributed by atoms with Crippen LogP contribution in [0.25, 0.3) is 77.1 Å². The molecule has 0 aliphatic carbocycles. The molecule has 3 nitrogen and oxygen atoms in total. The summed E-state index contributed by atoms with van der Waals surface area (Å²) in [7, 11) is 0. The molecule has 0 atom stereocenters. The van der Waals surface area contributed by atoms with Crippen LogP contribution in [0.3, 0.4) is 0 Å². The van der Waals surface area contributed by atoms with Crippen LogP contribution >= 0.6 is 0 Å². The molecule has 3 heterocycles. The zero-order valence-electron chi connectivity index (χ0n) is 39.9. The summed E-state index contributed by atoms with van der Waals surface area (Å²) in [6, 6.07) is 46.9. The molecule has 0 unspecified atom stereocenters. The standard InChI is InChI=1S/C30H24NO.C23H24N.Ir/c1-30(2,3)18-19-15-16-31-26(17-19)25-10-6-9-23-24-14-13-21-12-11-20-7-4-5-8-22(20)27(21)29(24)32-28(23)25;1-17-10-12-20(14-21(17)19-8-6-5-7-9-19)22-13-11-18(16-24-22)15-23(2,3)4;/h4-9,11-17H,18H2,1-3H3;5-11,13-14,16H,15H2,1-4H3;/q2*-1;/i18D2;1D3,15D2;. The normalized spacial score (nSPS) is 14.3. The average molecular weight is 928 g/mol. The van der Waals surface area contributed by atoms with Crippen LogP contribution in [0.4, 0.5) is 0 Å². The maximum atomic E-state index is 8.70. The number of aromatic nitrogens is 2. The van der Waals surface area contributed by atoms with Crippen molar-refractivity contribution in [2.45, 2.75) is 61.1 Å². The van der Waals surface area contributed by atoms with Crippen molar-refractivity contribution in [3.8, 4) is 33.6 Å². The summed E-state index contributed by atoms with van der Waals surface area (Å²) in [5.41, 5.74) is 5.93. The number of nitrogens with zero attached hydrogens (tertiary/aromatic N) is 2. The van der Waals surface area contributed by atoms with E-state index in [9.17, 15) is 0 Å². The summed E-state index contributed by atoms with van der Waals surface area (Å²) in [4.78, 5) is 9.02. The molecule has 4 heteroatoms. The van der Waals surface area contributed by atoms with Crippen LogP contribution in [0.2, 0.25) is 0 Å². The first-order valence-corrected chi connectivity index (χ1v) is 18.9. The molecular formula is C53H48IrN2O-2. The third kappa shape index (κ3) is 8.79. The number of hydrogen-bond donors (Lipinski definition) is 0. The maximum absolute atomic E-state index is 8.70. The van der Waals surface area contributed by atoms with Gasteiger partial charge in [-0.2, -0.15) is 0 Å². The third-order valence-electron chi connectivity index (χ3n) is 9.44. The van der Waals surface area contributed by atoms with Crippen molar-refractivity contribution in [2.24, 2.45) is 10.8 Å². The Labute approximate surface area is 360 Å². The summed E-state index contributed by atoms with van der Waals surface area (Å²) in [6.45, 7) is 9.05. The van der Waals surface area contributed by atoms with Crippen LogP contribution in [-0.4, -0.2) is 9.97 Å². The summed E-state index contributed by atoms with van der Waals surface area (Å²) < 4.78 is 64.3. The number of furan rings is 1. The van der Waals surface area contributed by atoms with Crippen LogP contribution in [0.1, 0.15) is 67.8 Å². The molecule has 9 rings (SSSR count). The molecule has 3 aromatic heterocycles. The topological polar surface area (TPSA) is 38.9 Å². The predicted molar refractivity (Wildman–Crippen MR) is 236 cm³/mol. The van der Waals surface area contributed by atoms with E-state index in [-0.39, 0.29) is 25.7 Å². The Hall–Kier alpha value is -5.41. The Kier molecular flexibility index (Phi) is 9.00. The minimum Gasteiger partial charge on any atom is -0.500 e. The van der Waals surface area contributed by atoms with E-state index in [2.05, 4.69) is 70.6 Å². The third-order valence-corrected chi connectivity index (χ3v) is 9.44. The van der Waals surface area contributed by atoms with Crippen LogP contribution in [0.5, 0.6) is 0 Å². The van der Waals surface area contributed by atoms with E-state index >= 15 is 0 Å². The second-order valence-electron chi connectivity index (χ2n) is 16.2. The fourth-order valence-electron chi connectivity index (χ4n) is 7.11. The number of benzene rings is 6. The number of rotatable bonds is 5. The van der Waals surface area contributed by atoms with Gasteiger partial charge < -0.3 is 14.4 Å². The van der Waals surface area contributed by atoms with Crippen molar-refractivity contribution in [2.75, 3.05) is 0 Å². The predicted octanol–water partition coefficient (Wildman–Crippen LogP) is 14.5. The molecular weight excluding hydrogens is 873 g/mol. The van der Waals surface area contributed by atoms with Crippen molar-refractivity contribution >= 4 is 43.5 Å². The zero-order valence-corrected chi connectivity index (χ0v) is 35.3. The van der Waals surface area contributed by atoms with Gasteiger partial charge in [-0.25, -0.2) is 0 Å². The van der Waals surface area contributed by atoms with Crippen LogP contribution < -0.4 is 0 Å². The number of fused-ring (bicyclic) bond motifs is 7. The van der Waals surface area contributed by atoms with E-state index in [1.54, 1.807) is 36.7 Å². The minimum absolute atomic E-state index is 0. The van der Waals surface area contributed by atoms with Crippen LogP contribution in [0, 0.1) is 29.8 Å². The smallest absolute Gasteiger partial charge is 0.129 e. The van der Waals surface area contributed by atoms with E-state index in [4.69, 9.17) is 14.0 Å². The molecule has 0 bridgehead atoms. The van der Waals surface area contributed by atoms with Crippen molar-refractivity contribution in [3.63, 3.8) is 0 Å². The van der Waals surface area contributed by atoms with Gasteiger partial charge in [0.2, 0.25) is 0 Å². The quantitative estimate of drug-likeness (QED) is 0.128. The van der Waals surface area contributed by atoms with Gasteiger partial charge in [0.15, 0.2) is 0 Å². The molecule has 0 saturated carbocycles. The first-order chi connectivity index (χ1) is 29.7. The second kappa shape index (κ2) is 16.2. The Morgan fingerprint density at radius 1 is 0.649 bits per heavy atom. The van der Waals surface area contributed by atoms with E-state index in [0.717, 1.165) is 49.2 Å². The molecule has 287 valence electrons. The molecule has 0 fully saturated rings. The Bertz CT molecular complexity index is 3130. The van der Waals surface area contributed by atoms with Crippen molar-refractivity contribution in [1.82, 2.24) is 9.97 Å². The number of aryl methyl sites for hydroxylation is 1. The van der Waals surface area contributed by atoms with E-state index in [1.165, 1.54) is 11.5 Å². The van der Waals surface area contributed by atoms with Gasteiger partial charge in [-0.1, -0.05) is 168 Å². The average Bonchev–Trinajstić information content (AvgIpc) is 3.65. The second-order valence-corrected chi connectivity index (χ2v) is 16.2. The largest absolute Gasteiger partial charge is 0.500 e. The number of hydrogen-bond acceptors (Lipinski definition) is 3. The van der Waals surface area contributed by atoms with E-state index in [0.29, 0.717) is 33.6 Å². The SMILES string of the molecule is [2H]C([2H])([2H])c1c[c-]c(-c2ccc(C([2H])([2H])C(C)(C)C)cn2)cc1-c1ccccc1.[2H]C([2H])(c1ccnc(-c2[c-]ccc3c2oc2c3ccc3ccc4ccccc4c32)c1)C(C)(C)C.[Ir]. The molecule has 1 radical (unpaired) electrons. The van der Waals surface area contributed by atoms with Crippen LogP contribution in [0.15, 0.2) is 144 Å². The van der Waals surface area contributed by atoms with Gasteiger partial charge in [0.1, 0.15) is 5.58 Å². The Morgan fingerprint density at radius 3 is 2.12 bits per heavy atom. The Balaban J connectivity index is 0.000000191. The molecule has 0 aliphatic rings. The van der Waals surface area contributed by atoms with Gasteiger partial charge >= 0.3 is 0 Å². The molecule has 0 N–H and O–H groups in total. The fourth-order valence-corrected chi connectivity index (χ4v) is 7.11. The molecule has 0 saturated heterocycles. The van der Waals surface area contributed by atoms with Gasteiger partial charge in [0.05, 0.1) is 5.58 Å². The fraction of sp³-hybridized carbons (Fsp3) is 0.208. The summed E-state index contributed by atoms with van der Waals surface area (Å²) >= 11 is 0. The van der Waals surface area contributed by atoms with Gasteiger partial charge in [0, 0.05) is 52.9 Å². The molecule has 0 amide bonds. The first-order valence-electron chi connectivity index (χ1n) is 22.4. The van der Waals surface area contributed by atoms with Gasteiger partial charge in [-0.3, -0.25) is 0 Å². The molecule has 6 aromatic carbocycles.